The Hall–Kier alpha value is -5.49. The van der Waals surface area contributed by atoms with Gasteiger partial charge in [-0.15, -0.1) is 0 Å². The maximum absolute atomic E-state index is 8.35. The Morgan fingerprint density at radius 2 is 0.582 bits per heavy atom. The third kappa shape index (κ3) is 10.3. The highest BCUT2D eigenvalue weighted by atomic mass is 28.4. The molecule has 0 aromatic heterocycles. The molecule has 1 saturated carbocycles. The van der Waals surface area contributed by atoms with Crippen LogP contribution in [0.5, 0.6) is 0 Å². The van der Waals surface area contributed by atoms with Gasteiger partial charge >= 0.3 is 0 Å². The zero-order valence-electron chi connectivity index (χ0n) is 40.0. The number of ether oxygens (including phenoxy) is 3. The van der Waals surface area contributed by atoms with E-state index in [4.69, 9.17) is 29.6 Å². The van der Waals surface area contributed by atoms with Crippen molar-refractivity contribution in [2.45, 2.75) is 102 Å². The monoisotopic (exact) mass is 922 g/mol. The van der Waals surface area contributed by atoms with E-state index >= 15 is 0 Å². The Kier molecular flexibility index (Phi) is 15.2. The van der Waals surface area contributed by atoms with Crippen molar-refractivity contribution in [1.82, 2.24) is 0 Å². The second-order valence-electron chi connectivity index (χ2n) is 19.8. The van der Waals surface area contributed by atoms with Gasteiger partial charge in [0.25, 0.3) is 16.6 Å². The van der Waals surface area contributed by atoms with E-state index in [-0.39, 0.29) is 10.1 Å². The van der Waals surface area contributed by atoms with Crippen LogP contribution in [0.2, 0.25) is 10.1 Å². The van der Waals surface area contributed by atoms with E-state index in [1.807, 2.05) is 18.2 Å². The molecule has 1 aliphatic carbocycles. The molecule has 0 spiro atoms. The Morgan fingerprint density at radius 1 is 0.343 bits per heavy atom. The summed E-state index contributed by atoms with van der Waals surface area (Å²) >= 11 is 0. The van der Waals surface area contributed by atoms with Crippen molar-refractivity contribution in [3.05, 3.63) is 241 Å². The van der Waals surface area contributed by atoms with E-state index in [1.54, 1.807) is 0 Å². The van der Waals surface area contributed by atoms with Crippen molar-refractivity contribution < 1.29 is 23.1 Å². The highest BCUT2D eigenvalue weighted by Crippen LogP contribution is 2.46. The van der Waals surface area contributed by atoms with E-state index in [9.17, 15) is 0 Å². The van der Waals surface area contributed by atoms with Crippen LogP contribution >= 0.6 is 0 Å². The average Bonchev–Trinajstić information content (AvgIpc) is 3.35. The summed E-state index contributed by atoms with van der Waals surface area (Å²) in [7, 11) is -6.60. The normalized spacial score (nSPS) is 19.3. The van der Waals surface area contributed by atoms with Crippen LogP contribution in [0.4, 0.5) is 0 Å². The Labute approximate surface area is 401 Å². The zero-order chi connectivity index (χ0) is 46.9. The van der Waals surface area contributed by atoms with Crippen LogP contribution < -0.4 is 20.7 Å². The fourth-order valence-corrected chi connectivity index (χ4v) is 19.4. The quantitative estimate of drug-likeness (QED) is 0.0673. The van der Waals surface area contributed by atoms with Crippen molar-refractivity contribution in [1.29, 1.82) is 0 Å². The molecular weight excluding hydrogens is 857 g/mol. The highest BCUT2D eigenvalue weighted by molar-refractivity contribution is 7.00. The molecule has 5 atom stereocenters. The zero-order valence-corrected chi connectivity index (χ0v) is 42.0. The molecule has 0 saturated heterocycles. The van der Waals surface area contributed by atoms with Crippen LogP contribution in [-0.2, 0) is 42.9 Å². The molecule has 1 aliphatic rings. The van der Waals surface area contributed by atoms with Crippen LogP contribution in [0.1, 0.15) is 58.2 Å². The molecule has 1 fully saturated rings. The summed E-state index contributed by atoms with van der Waals surface area (Å²) in [5, 5.41) is 3.93. The van der Waals surface area contributed by atoms with Crippen molar-refractivity contribution in [2.75, 3.05) is 0 Å². The Balaban J connectivity index is 1.40. The van der Waals surface area contributed by atoms with Crippen LogP contribution in [-0.4, -0.2) is 47.2 Å². The summed E-state index contributed by atoms with van der Waals surface area (Å²) in [6.45, 7) is 19.9. The van der Waals surface area contributed by atoms with E-state index in [1.165, 1.54) is 0 Å². The smallest absolute Gasteiger partial charge is 0.261 e. The maximum Gasteiger partial charge on any atom is 0.261 e. The second kappa shape index (κ2) is 21.2. The summed E-state index contributed by atoms with van der Waals surface area (Å²) in [6.07, 6.45) is -3.45. The molecule has 0 bridgehead atoms. The number of rotatable bonds is 17. The average molecular weight is 923 g/mol. The van der Waals surface area contributed by atoms with E-state index in [0.29, 0.717) is 19.8 Å². The number of benzene rings is 7. The minimum Gasteiger partial charge on any atom is -0.399 e. The molecule has 8 rings (SSSR count). The van der Waals surface area contributed by atoms with Crippen molar-refractivity contribution in [2.24, 2.45) is 0 Å². The number of hydrogen-bond donors (Lipinski definition) is 0. The van der Waals surface area contributed by atoms with Gasteiger partial charge < -0.3 is 23.1 Å². The lowest BCUT2D eigenvalue weighted by atomic mass is 9.83. The molecule has 1 unspecified atom stereocenters. The summed E-state index contributed by atoms with van der Waals surface area (Å²) in [5.41, 5.74) is 3.91. The first kappa shape index (κ1) is 48.0. The van der Waals surface area contributed by atoms with E-state index in [2.05, 4.69) is 236 Å². The lowest BCUT2D eigenvalue weighted by Crippen LogP contribution is -2.74. The number of hydrogen-bond acceptors (Lipinski definition) is 5. The van der Waals surface area contributed by atoms with Gasteiger partial charge in [0.2, 0.25) is 0 Å². The molecule has 0 heterocycles. The Morgan fingerprint density at radius 3 is 0.836 bits per heavy atom. The summed E-state index contributed by atoms with van der Waals surface area (Å²) in [6, 6.07) is 74.4. The molecule has 7 heteroatoms. The topological polar surface area (TPSA) is 46.2 Å². The van der Waals surface area contributed by atoms with E-state index in [0.717, 1.165) is 43.0 Å². The first-order valence-electron chi connectivity index (χ1n) is 23.7. The van der Waals surface area contributed by atoms with Crippen molar-refractivity contribution >= 4 is 37.4 Å². The summed E-state index contributed by atoms with van der Waals surface area (Å²) in [5.74, 6) is 0. The SMILES string of the molecule is C=C1[C@@H](OCc2ccccc2)[C@H](O[Si](c2ccccc2)(c2ccccc2)C(C)(C)C)C(OCc2ccccc2)[C@H](O[Si](c2ccccc2)(c2ccccc2)C(C)(C)C)[C@H]1OCc1ccccc1. The van der Waals surface area contributed by atoms with Crippen LogP contribution in [0.3, 0.4) is 0 Å². The summed E-state index contributed by atoms with van der Waals surface area (Å²) < 4.78 is 38.9. The molecule has 0 radical (unpaired) electrons. The minimum atomic E-state index is -3.30. The molecule has 7 aromatic rings. The van der Waals surface area contributed by atoms with E-state index < -0.39 is 47.2 Å². The minimum absolute atomic E-state index is 0.315. The molecule has 5 nitrogen and oxygen atoms in total. The maximum atomic E-state index is 8.35. The highest BCUT2D eigenvalue weighted by Gasteiger charge is 2.61. The summed E-state index contributed by atoms with van der Waals surface area (Å²) in [4.78, 5) is 0. The van der Waals surface area contributed by atoms with Crippen molar-refractivity contribution in [3.8, 4) is 0 Å². The van der Waals surface area contributed by atoms with Gasteiger partial charge in [0.1, 0.15) is 30.5 Å². The van der Waals surface area contributed by atoms with Gasteiger partial charge in [-0.25, -0.2) is 0 Å². The van der Waals surface area contributed by atoms with Crippen LogP contribution in [0, 0.1) is 0 Å². The first-order chi connectivity index (χ1) is 32.4. The van der Waals surface area contributed by atoms with Crippen LogP contribution in [0.25, 0.3) is 0 Å². The van der Waals surface area contributed by atoms with Gasteiger partial charge in [-0.05, 0) is 53.1 Å². The predicted molar refractivity (Wildman–Crippen MR) is 279 cm³/mol. The fourth-order valence-electron chi connectivity index (χ4n) is 10.0. The molecule has 0 N–H and O–H groups in total. The predicted octanol–water partition coefficient (Wildman–Crippen LogP) is 11.2. The lowest BCUT2D eigenvalue weighted by molar-refractivity contribution is -0.189. The molecule has 0 aliphatic heterocycles. The van der Waals surface area contributed by atoms with Gasteiger partial charge in [-0.2, -0.15) is 0 Å². The first-order valence-corrected chi connectivity index (χ1v) is 27.5. The Bertz CT molecular complexity index is 2340. The molecule has 67 heavy (non-hydrogen) atoms. The molecule has 344 valence electrons. The lowest BCUT2D eigenvalue weighted by Gasteiger charge is -2.55. The van der Waals surface area contributed by atoms with Gasteiger partial charge in [0.15, 0.2) is 0 Å². The standard InChI is InChI=1S/C60H66O5Si2/c1-46-54(61-43-47-29-15-8-16-30-47)57(64-66(59(2,3)4,50-35-21-11-22-36-50)51-37-23-12-24-38-51)56(63-45-49-33-19-10-20-34-49)58(55(46)62-44-48-31-17-9-18-32-48)65-67(60(5,6)7,52-39-25-13-26-40-52)53-41-27-14-28-42-53/h8-42,54-58H,1,43-45H2,2-7H3/t54-,55+,56?,57+,58-. The third-order valence-electron chi connectivity index (χ3n) is 13.3. The van der Waals surface area contributed by atoms with Gasteiger partial charge in [0.05, 0.1) is 19.8 Å². The van der Waals surface area contributed by atoms with Crippen LogP contribution in [0.15, 0.2) is 224 Å². The third-order valence-corrected chi connectivity index (χ3v) is 23.3. The molecule has 0 amide bonds. The molecule has 7 aromatic carbocycles. The fraction of sp³-hybridized carbons (Fsp3) is 0.267. The van der Waals surface area contributed by atoms with Gasteiger partial charge in [-0.1, -0.05) is 260 Å². The van der Waals surface area contributed by atoms with Crippen molar-refractivity contribution in [3.63, 3.8) is 0 Å². The molecular formula is C60H66O5Si2. The second-order valence-corrected chi connectivity index (χ2v) is 28.3. The van der Waals surface area contributed by atoms with Gasteiger partial charge in [0, 0.05) is 0 Å². The van der Waals surface area contributed by atoms with Gasteiger partial charge in [-0.3, -0.25) is 0 Å². The largest absolute Gasteiger partial charge is 0.399 e.